The molecule has 1 heterocycles. The van der Waals surface area contributed by atoms with E-state index in [-0.39, 0.29) is 30.0 Å². The summed E-state index contributed by atoms with van der Waals surface area (Å²) in [6, 6.07) is 1.47. The van der Waals surface area contributed by atoms with Crippen LogP contribution in [0.3, 0.4) is 0 Å². The highest BCUT2D eigenvalue weighted by molar-refractivity contribution is 5.92. The number of rotatable bonds is 4. The Morgan fingerprint density at radius 2 is 2.31 bits per heavy atom. The molecule has 1 aromatic rings. The van der Waals surface area contributed by atoms with Crippen molar-refractivity contribution in [2.75, 3.05) is 20.7 Å². The minimum atomic E-state index is -0.370. The van der Waals surface area contributed by atoms with Gasteiger partial charge in [-0.15, -0.1) is 0 Å². The van der Waals surface area contributed by atoms with Crippen LogP contribution in [0.15, 0.2) is 16.9 Å². The summed E-state index contributed by atoms with van der Waals surface area (Å²) < 4.78 is 9.14. The van der Waals surface area contributed by atoms with E-state index in [4.69, 9.17) is 0 Å². The van der Waals surface area contributed by atoms with Crippen molar-refractivity contribution in [3.63, 3.8) is 0 Å². The number of carbonyl (C=O) groups is 2. The molecule has 0 aliphatic heterocycles. The van der Waals surface area contributed by atoms with Crippen LogP contribution in [0.2, 0.25) is 0 Å². The fraction of sp³-hybridized carbons (Fsp3) is 0.500. The molecule has 6 heteroatoms. The molecule has 0 aromatic carbocycles. The molecule has 0 fully saturated rings. The molecule has 0 radical (unpaired) electrons. The fourth-order valence-electron chi connectivity index (χ4n) is 1.29. The van der Waals surface area contributed by atoms with Gasteiger partial charge in [0.15, 0.2) is 5.69 Å². The highest BCUT2D eigenvalue weighted by Gasteiger charge is 2.20. The quantitative estimate of drug-likeness (QED) is 0.701. The van der Waals surface area contributed by atoms with Crippen molar-refractivity contribution < 1.29 is 18.8 Å². The van der Waals surface area contributed by atoms with Gasteiger partial charge >= 0.3 is 5.97 Å². The Balaban J connectivity index is 2.56. The van der Waals surface area contributed by atoms with E-state index >= 15 is 0 Å². The summed E-state index contributed by atoms with van der Waals surface area (Å²) in [5, 5.41) is 3.53. The van der Waals surface area contributed by atoms with E-state index < -0.39 is 0 Å². The first-order chi connectivity index (χ1) is 7.56. The topological polar surface area (TPSA) is 72.6 Å². The van der Waals surface area contributed by atoms with Crippen LogP contribution in [-0.2, 0) is 9.53 Å². The van der Waals surface area contributed by atoms with E-state index in [1.165, 1.54) is 24.3 Å². The lowest BCUT2D eigenvalue weighted by molar-refractivity contribution is -0.145. The lowest BCUT2D eigenvalue weighted by atomic mass is 10.1. The van der Waals surface area contributed by atoms with E-state index in [9.17, 15) is 9.59 Å². The van der Waals surface area contributed by atoms with Crippen molar-refractivity contribution in [2.45, 2.75) is 6.92 Å². The number of hydrogen-bond acceptors (Lipinski definition) is 5. The number of methoxy groups -OCH3 is 1. The molecule has 0 N–H and O–H groups in total. The second-order valence-corrected chi connectivity index (χ2v) is 3.49. The SMILES string of the molecule is COC(=O)C(C)CN(C)C(=O)c1ccon1. The summed E-state index contributed by atoms with van der Waals surface area (Å²) in [6.45, 7) is 1.97. The van der Waals surface area contributed by atoms with Gasteiger partial charge < -0.3 is 14.2 Å². The Morgan fingerprint density at radius 1 is 1.62 bits per heavy atom. The van der Waals surface area contributed by atoms with E-state index in [0.717, 1.165) is 0 Å². The van der Waals surface area contributed by atoms with Crippen molar-refractivity contribution in [2.24, 2.45) is 5.92 Å². The molecular formula is C10H14N2O4. The number of esters is 1. The normalized spacial score (nSPS) is 11.9. The monoisotopic (exact) mass is 226 g/mol. The van der Waals surface area contributed by atoms with Gasteiger partial charge in [0.1, 0.15) is 6.26 Å². The highest BCUT2D eigenvalue weighted by atomic mass is 16.5. The average molecular weight is 226 g/mol. The van der Waals surface area contributed by atoms with E-state index in [0.29, 0.717) is 0 Å². The second-order valence-electron chi connectivity index (χ2n) is 3.49. The zero-order valence-corrected chi connectivity index (χ0v) is 9.47. The molecular weight excluding hydrogens is 212 g/mol. The molecule has 0 spiro atoms. The van der Waals surface area contributed by atoms with Crippen molar-refractivity contribution >= 4 is 11.9 Å². The standard InChI is InChI=1S/C10H14N2O4/c1-7(10(14)15-3)6-12(2)9(13)8-4-5-16-11-8/h4-5,7H,6H2,1-3H3. The molecule has 88 valence electrons. The first kappa shape index (κ1) is 12.2. The Hall–Kier alpha value is -1.85. The summed E-state index contributed by atoms with van der Waals surface area (Å²) in [4.78, 5) is 24.3. The Morgan fingerprint density at radius 3 is 2.81 bits per heavy atom. The van der Waals surface area contributed by atoms with Gasteiger partial charge in [-0.1, -0.05) is 12.1 Å². The maximum Gasteiger partial charge on any atom is 0.310 e. The Bertz CT molecular complexity index is 361. The van der Waals surface area contributed by atoms with Crippen molar-refractivity contribution in [1.29, 1.82) is 0 Å². The van der Waals surface area contributed by atoms with Crippen molar-refractivity contribution in [3.05, 3.63) is 18.0 Å². The molecule has 0 aliphatic carbocycles. The van der Waals surface area contributed by atoms with Gasteiger partial charge in [-0.2, -0.15) is 0 Å². The number of hydrogen-bond donors (Lipinski definition) is 0. The van der Waals surface area contributed by atoms with Crippen molar-refractivity contribution in [1.82, 2.24) is 10.1 Å². The third-order valence-corrected chi connectivity index (χ3v) is 2.15. The summed E-state index contributed by atoms with van der Waals surface area (Å²) in [5.74, 6) is -1.00. The number of aromatic nitrogens is 1. The molecule has 0 aliphatic rings. The third kappa shape index (κ3) is 2.82. The molecule has 1 unspecified atom stereocenters. The van der Waals surface area contributed by atoms with Crippen LogP contribution in [0.5, 0.6) is 0 Å². The van der Waals surface area contributed by atoms with E-state index in [1.54, 1.807) is 14.0 Å². The van der Waals surface area contributed by atoms with Gasteiger partial charge in [0, 0.05) is 19.7 Å². The summed E-state index contributed by atoms with van der Waals surface area (Å²) >= 11 is 0. The minimum absolute atomic E-state index is 0.222. The minimum Gasteiger partial charge on any atom is -0.469 e. The second kappa shape index (κ2) is 5.29. The number of amides is 1. The highest BCUT2D eigenvalue weighted by Crippen LogP contribution is 2.05. The summed E-state index contributed by atoms with van der Waals surface area (Å²) in [7, 11) is 2.91. The van der Waals surface area contributed by atoms with Crippen LogP contribution in [0.25, 0.3) is 0 Å². The molecule has 16 heavy (non-hydrogen) atoms. The van der Waals surface area contributed by atoms with Gasteiger partial charge in [0.05, 0.1) is 13.0 Å². The zero-order chi connectivity index (χ0) is 12.1. The van der Waals surface area contributed by atoms with E-state index in [2.05, 4.69) is 14.4 Å². The van der Waals surface area contributed by atoms with Crippen LogP contribution in [0, 0.1) is 5.92 Å². The number of nitrogens with zero attached hydrogens (tertiary/aromatic N) is 2. The summed E-state index contributed by atoms with van der Waals surface area (Å²) in [5.41, 5.74) is 0.222. The molecule has 1 aromatic heterocycles. The van der Waals surface area contributed by atoms with Crippen LogP contribution in [-0.4, -0.2) is 42.6 Å². The average Bonchev–Trinajstić information content (AvgIpc) is 2.79. The molecule has 0 saturated carbocycles. The summed E-state index contributed by atoms with van der Waals surface area (Å²) in [6.07, 6.45) is 1.32. The molecule has 1 amide bonds. The molecule has 0 bridgehead atoms. The van der Waals surface area contributed by atoms with Gasteiger partial charge in [-0.25, -0.2) is 0 Å². The number of ether oxygens (including phenoxy) is 1. The Kier molecular flexibility index (Phi) is 4.04. The predicted octanol–water partition coefficient (Wildman–Crippen LogP) is 0.556. The maximum absolute atomic E-state index is 11.7. The zero-order valence-electron chi connectivity index (χ0n) is 9.47. The van der Waals surface area contributed by atoms with Crippen LogP contribution < -0.4 is 0 Å². The Labute approximate surface area is 93.1 Å². The molecule has 0 saturated heterocycles. The molecule has 1 atom stereocenters. The first-order valence-corrected chi connectivity index (χ1v) is 4.80. The van der Waals surface area contributed by atoms with Crippen LogP contribution in [0.1, 0.15) is 17.4 Å². The van der Waals surface area contributed by atoms with Gasteiger partial charge in [0.2, 0.25) is 0 Å². The van der Waals surface area contributed by atoms with Crippen molar-refractivity contribution in [3.8, 4) is 0 Å². The fourth-order valence-corrected chi connectivity index (χ4v) is 1.29. The largest absolute Gasteiger partial charge is 0.469 e. The van der Waals surface area contributed by atoms with Gasteiger partial charge in [-0.05, 0) is 0 Å². The first-order valence-electron chi connectivity index (χ1n) is 4.80. The smallest absolute Gasteiger partial charge is 0.310 e. The lowest BCUT2D eigenvalue weighted by Crippen LogP contribution is -2.34. The lowest BCUT2D eigenvalue weighted by Gasteiger charge is -2.18. The third-order valence-electron chi connectivity index (χ3n) is 2.15. The van der Waals surface area contributed by atoms with Crippen LogP contribution >= 0.6 is 0 Å². The van der Waals surface area contributed by atoms with Gasteiger partial charge in [0.25, 0.3) is 5.91 Å². The molecule has 1 rings (SSSR count). The van der Waals surface area contributed by atoms with E-state index in [1.807, 2.05) is 0 Å². The van der Waals surface area contributed by atoms with Gasteiger partial charge in [-0.3, -0.25) is 9.59 Å². The maximum atomic E-state index is 11.7. The van der Waals surface area contributed by atoms with Crippen LogP contribution in [0.4, 0.5) is 0 Å². The molecule has 6 nitrogen and oxygen atoms in total. The predicted molar refractivity (Wildman–Crippen MR) is 54.6 cm³/mol. The number of carbonyl (C=O) groups excluding carboxylic acids is 2.